The molecule has 1 aromatic heterocycles. The SMILES string of the molecule is Cc1nnc(NN)nc1-c1ccccc1. The average Bonchev–Trinajstić information content (AvgIpc) is 2.31. The summed E-state index contributed by atoms with van der Waals surface area (Å²) in [7, 11) is 0. The average molecular weight is 201 g/mol. The van der Waals surface area contributed by atoms with Crippen molar-refractivity contribution in [3.05, 3.63) is 36.0 Å². The lowest BCUT2D eigenvalue weighted by Crippen LogP contribution is -2.12. The van der Waals surface area contributed by atoms with Gasteiger partial charge in [0, 0.05) is 5.56 Å². The molecule has 76 valence electrons. The van der Waals surface area contributed by atoms with Gasteiger partial charge in [-0.1, -0.05) is 30.3 Å². The van der Waals surface area contributed by atoms with Crippen LogP contribution in [0.15, 0.2) is 30.3 Å². The number of benzene rings is 1. The Morgan fingerprint density at radius 3 is 2.53 bits per heavy atom. The van der Waals surface area contributed by atoms with Gasteiger partial charge in [0.25, 0.3) is 5.95 Å². The number of hydrogen-bond acceptors (Lipinski definition) is 5. The minimum atomic E-state index is 0.319. The molecular weight excluding hydrogens is 190 g/mol. The highest BCUT2D eigenvalue weighted by atomic mass is 15.3. The summed E-state index contributed by atoms with van der Waals surface area (Å²) in [6.07, 6.45) is 0. The molecule has 0 saturated heterocycles. The Morgan fingerprint density at radius 2 is 1.87 bits per heavy atom. The number of rotatable bonds is 2. The molecule has 0 saturated carbocycles. The maximum atomic E-state index is 5.23. The van der Waals surface area contributed by atoms with Crippen molar-refractivity contribution in [2.45, 2.75) is 6.92 Å². The first-order valence-electron chi connectivity index (χ1n) is 4.54. The van der Waals surface area contributed by atoms with Crippen LogP contribution in [0.1, 0.15) is 5.69 Å². The Kier molecular flexibility index (Phi) is 2.55. The van der Waals surface area contributed by atoms with Gasteiger partial charge in [-0.2, -0.15) is 0 Å². The summed E-state index contributed by atoms with van der Waals surface area (Å²) >= 11 is 0. The molecule has 2 aromatic rings. The van der Waals surface area contributed by atoms with Crippen molar-refractivity contribution in [1.82, 2.24) is 15.2 Å². The van der Waals surface area contributed by atoms with Gasteiger partial charge in [0.2, 0.25) is 0 Å². The zero-order valence-electron chi connectivity index (χ0n) is 8.31. The zero-order chi connectivity index (χ0) is 10.7. The van der Waals surface area contributed by atoms with Gasteiger partial charge in [-0.05, 0) is 6.92 Å². The maximum Gasteiger partial charge on any atom is 0.257 e. The first-order valence-corrected chi connectivity index (χ1v) is 4.54. The Balaban J connectivity index is 2.52. The van der Waals surface area contributed by atoms with Crippen LogP contribution in [0.25, 0.3) is 11.3 Å². The van der Waals surface area contributed by atoms with Gasteiger partial charge in [0.05, 0.1) is 11.4 Å². The predicted molar refractivity (Wildman–Crippen MR) is 57.8 cm³/mol. The molecular formula is C10H11N5. The number of nitrogen functional groups attached to an aromatic ring is 1. The van der Waals surface area contributed by atoms with Crippen molar-refractivity contribution in [2.24, 2.45) is 5.84 Å². The van der Waals surface area contributed by atoms with Crippen LogP contribution in [0.2, 0.25) is 0 Å². The van der Waals surface area contributed by atoms with Crippen molar-refractivity contribution >= 4 is 5.95 Å². The molecule has 0 amide bonds. The van der Waals surface area contributed by atoms with E-state index in [0.717, 1.165) is 17.0 Å². The van der Waals surface area contributed by atoms with E-state index in [2.05, 4.69) is 20.6 Å². The van der Waals surface area contributed by atoms with Crippen LogP contribution in [0, 0.1) is 6.92 Å². The highest BCUT2D eigenvalue weighted by Crippen LogP contribution is 2.19. The van der Waals surface area contributed by atoms with Crippen LogP contribution in [-0.2, 0) is 0 Å². The molecule has 0 spiro atoms. The Bertz CT molecular complexity index is 455. The summed E-state index contributed by atoms with van der Waals surface area (Å²) in [5.74, 6) is 5.55. The Hall–Kier alpha value is -2.01. The van der Waals surface area contributed by atoms with Crippen molar-refractivity contribution in [2.75, 3.05) is 5.43 Å². The van der Waals surface area contributed by atoms with Crippen molar-refractivity contribution in [3.8, 4) is 11.3 Å². The summed E-state index contributed by atoms with van der Waals surface area (Å²) in [5, 5.41) is 7.76. The number of aryl methyl sites for hydroxylation is 1. The third-order valence-electron chi connectivity index (χ3n) is 2.03. The molecule has 0 bridgehead atoms. The molecule has 0 atom stereocenters. The molecule has 5 heteroatoms. The Labute approximate surface area is 87.3 Å². The second kappa shape index (κ2) is 4.02. The van der Waals surface area contributed by atoms with Crippen molar-refractivity contribution < 1.29 is 0 Å². The van der Waals surface area contributed by atoms with Crippen LogP contribution in [0.4, 0.5) is 5.95 Å². The van der Waals surface area contributed by atoms with E-state index in [0.29, 0.717) is 5.95 Å². The second-order valence-electron chi connectivity index (χ2n) is 3.08. The molecule has 3 N–H and O–H groups in total. The summed E-state index contributed by atoms with van der Waals surface area (Å²) in [4.78, 5) is 4.25. The number of aromatic nitrogens is 3. The molecule has 0 aliphatic carbocycles. The fourth-order valence-corrected chi connectivity index (χ4v) is 1.31. The zero-order valence-corrected chi connectivity index (χ0v) is 8.31. The van der Waals surface area contributed by atoms with Gasteiger partial charge < -0.3 is 0 Å². The molecule has 0 radical (unpaired) electrons. The van der Waals surface area contributed by atoms with E-state index < -0.39 is 0 Å². The minimum absolute atomic E-state index is 0.319. The molecule has 15 heavy (non-hydrogen) atoms. The highest BCUT2D eigenvalue weighted by molar-refractivity contribution is 5.61. The highest BCUT2D eigenvalue weighted by Gasteiger charge is 2.06. The van der Waals surface area contributed by atoms with E-state index in [-0.39, 0.29) is 0 Å². The van der Waals surface area contributed by atoms with Gasteiger partial charge >= 0.3 is 0 Å². The second-order valence-corrected chi connectivity index (χ2v) is 3.08. The lowest BCUT2D eigenvalue weighted by molar-refractivity contribution is 0.927. The van der Waals surface area contributed by atoms with E-state index in [4.69, 9.17) is 5.84 Å². The quantitative estimate of drug-likeness (QED) is 0.562. The standard InChI is InChI=1S/C10H11N5/c1-7-9(8-5-3-2-4-6-8)12-10(13-11)15-14-7/h2-6H,11H2,1H3,(H,12,13,15). The fraction of sp³-hybridized carbons (Fsp3) is 0.100. The monoisotopic (exact) mass is 201 g/mol. The van der Waals surface area contributed by atoms with E-state index in [1.807, 2.05) is 37.3 Å². The lowest BCUT2D eigenvalue weighted by Gasteiger charge is -2.04. The van der Waals surface area contributed by atoms with E-state index >= 15 is 0 Å². The summed E-state index contributed by atoms with van der Waals surface area (Å²) in [5.41, 5.74) is 4.95. The first-order chi connectivity index (χ1) is 7.31. The van der Waals surface area contributed by atoms with Gasteiger partial charge in [-0.25, -0.2) is 10.8 Å². The maximum absolute atomic E-state index is 5.23. The van der Waals surface area contributed by atoms with Crippen molar-refractivity contribution in [3.63, 3.8) is 0 Å². The topological polar surface area (TPSA) is 76.7 Å². The van der Waals surface area contributed by atoms with E-state index in [9.17, 15) is 0 Å². The van der Waals surface area contributed by atoms with Crippen molar-refractivity contribution in [1.29, 1.82) is 0 Å². The molecule has 0 aliphatic rings. The first kappa shape index (κ1) is 9.54. The number of nitrogens with one attached hydrogen (secondary N) is 1. The number of nitrogens with zero attached hydrogens (tertiary/aromatic N) is 3. The van der Waals surface area contributed by atoms with E-state index in [1.165, 1.54) is 0 Å². The van der Waals surface area contributed by atoms with Gasteiger partial charge in [0.15, 0.2) is 0 Å². The van der Waals surface area contributed by atoms with Gasteiger partial charge in [-0.3, -0.25) is 5.43 Å². The predicted octanol–water partition coefficient (Wildman–Crippen LogP) is 1.13. The normalized spacial score (nSPS) is 10.0. The van der Waals surface area contributed by atoms with E-state index in [1.54, 1.807) is 0 Å². The smallest absolute Gasteiger partial charge is 0.257 e. The largest absolute Gasteiger partial charge is 0.291 e. The van der Waals surface area contributed by atoms with Crippen LogP contribution < -0.4 is 11.3 Å². The number of hydrogen-bond donors (Lipinski definition) is 2. The molecule has 0 unspecified atom stereocenters. The van der Waals surface area contributed by atoms with Gasteiger partial charge in [-0.15, -0.1) is 10.2 Å². The fourth-order valence-electron chi connectivity index (χ4n) is 1.31. The Morgan fingerprint density at radius 1 is 1.13 bits per heavy atom. The molecule has 5 nitrogen and oxygen atoms in total. The molecule has 0 aliphatic heterocycles. The number of anilines is 1. The van der Waals surface area contributed by atoms with Crippen LogP contribution in [-0.4, -0.2) is 15.2 Å². The van der Waals surface area contributed by atoms with Crippen LogP contribution in [0.3, 0.4) is 0 Å². The summed E-state index contributed by atoms with van der Waals surface area (Å²) < 4.78 is 0. The third kappa shape index (κ3) is 1.92. The van der Waals surface area contributed by atoms with Crippen LogP contribution >= 0.6 is 0 Å². The van der Waals surface area contributed by atoms with Gasteiger partial charge in [0.1, 0.15) is 0 Å². The minimum Gasteiger partial charge on any atom is -0.291 e. The number of nitrogens with two attached hydrogens (primary N) is 1. The summed E-state index contributed by atoms with van der Waals surface area (Å²) in [6.45, 7) is 1.86. The molecule has 2 rings (SSSR count). The molecule has 1 aromatic carbocycles. The molecule has 1 heterocycles. The lowest BCUT2D eigenvalue weighted by atomic mass is 10.1. The third-order valence-corrected chi connectivity index (χ3v) is 2.03. The summed E-state index contributed by atoms with van der Waals surface area (Å²) in [6, 6.07) is 9.79. The number of hydrazine groups is 1. The molecule has 0 fully saturated rings. The van der Waals surface area contributed by atoms with Crippen LogP contribution in [0.5, 0.6) is 0 Å².